The van der Waals surface area contributed by atoms with Gasteiger partial charge in [0.15, 0.2) is 0 Å². The molecule has 2 heterocycles. The fraction of sp³-hybridized carbons (Fsp3) is 0.409. The Morgan fingerprint density at radius 2 is 1.93 bits per heavy atom. The molecule has 0 saturated heterocycles. The third-order valence-corrected chi connectivity index (χ3v) is 5.77. The molecular formula is C22H28N6. The smallest absolute Gasteiger partial charge is 0.141 e. The van der Waals surface area contributed by atoms with E-state index in [9.17, 15) is 0 Å². The van der Waals surface area contributed by atoms with Gasteiger partial charge in [-0.15, -0.1) is 0 Å². The van der Waals surface area contributed by atoms with Crippen LogP contribution >= 0.6 is 0 Å². The van der Waals surface area contributed by atoms with Crippen molar-refractivity contribution in [2.75, 3.05) is 6.54 Å². The van der Waals surface area contributed by atoms with Crippen molar-refractivity contribution in [1.29, 1.82) is 0 Å². The zero-order valence-corrected chi connectivity index (χ0v) is 16.1. The van der Waals surface area contributed by atoms with E-state index in [-0.39, 0.29) is 0 Å². The monoisotopic (exact) mass is 376 g/mol. The second-order valence-electron chi connectivity index (χ2n) is 7.57. The Morgan fingerprint density at radius 3 is 2.71 bits per heavy atom. The lowest BCUT2D eigenvalue weighted by Gasteiger charge is -2.29. The second-order valence-corrected chi connectivity index (χ2v) is 7.57. The maximum atomic E-state index is 5.79. The van der Waals surface area contributed by atoms with E-state index in [0.29, 0.717) is 12.0 Å². The minimum Gasteiger partial charge on any atom is -0.346 e. The molecule has 0 amide bonds. The van der Waals surface area contributed by atoms with Crippen LogP contribution in [0, 0.1) is 5.92 Å². The van der Waals surface area contributed by atoms with Gasteiger partial charge in [-0.2, -0.15) is 5.10 Å². The number of aromatic amines is 1. The maximum Gasteiger partial charge on any atom is 0.141 e. The van der Waals surface area contributed by atoms with Crippen LogP contribution in [0.2, 0.25) is 0 Å². The Labute approximate surface area is 165 Å². The average Bonchev–Trinajstić information content (AvgIpc) is 3.23. The minimum atomic E-state index is 0.361. The first-order chi connectivity index (χ1) is 13.8. The van der Waals surface area contributed by atoms with E-state index in [1.807, 2.05) is 12.3 Å². The van der Waals surface area contributed by atoms with E-state index in [0.717, 1.165) is 61.1 Å². The first kappa shape index (κ1) is 18.6. The van der Waals surface area contributed by atoms with E-state index >= 15 is 0 Å². The van der Waals surface area contributed by atoms with E-state index in [2.05, 4.69) is 55.7 Å². The number of fused-ring (bicyclic) bond motifs is 1. The number of nitrogens with two attached hydrogens (primary N) is 1. The van der Waals surface area contributed by atoms with Crippen molar-refractivity contribution < 1.29 is 0 Å². The Balaban J connectivity index is 1.28. The van der Waals surface area contributed by atoms with Crippen molar-refractivity contribution in [3.8, 4) is 0 Å². The Bertz CT molecular complexity index is 909. The summed E-state index contributed by atoms with van der Waals surface area (Å²) in [4.78, 5) is 11.9. The molecule has 0 spiro atoms. The van der Waals surface area contributed by atoms with Crippen LogP contribution in [0.1, 0.15) is 43.4 Å². The summed E-state index contributed by atoms with van der Waals surface area (Å²) < 4.78 is 0. The predicted molar refractivity (Wildman–Crippen MR) is 113 cm³/mol. The molecule has 1 saturated carbocycles. The lowest BCUT2D eigenvalue weighted by atomic mass is 9.81. The zero-order chi connectivity index (χ0) is 19.2. The molecule has 4 rings (SSSR count). The average molecular weight is 377 g/mol. The minimum absolute atomic E-state index is 0.361. The first-order valence-electron chi connectivity index (χ1n) is 10.2. The quantitative estimate of drug-likeness (QED) is 0.255. The highest BCUT2D eigenvalue weighted by Gasteiger charge is 2.27. The summed E-state index contributed by atoms with van der Waals surface area (Å²) in [5, 5.41) is 8.86. The van der Waals surface area contributed by atoms with E-state index in [1.54, 1.807) is 6.33 Å². The molecule has 1 aromatic carbocycles. The fourth-order valence-electron chi connectivity index (χ4n) is 4.25. The topological polar surface area (TPSA) is 92.0 Å². The lowest BCUT2D eigenvalue weighted by molar-refractivity contribution is 0.338. The number of H-pyrrole nitrogens is 1. The van der Waals surface area contributed by atoms with Gasteiger partial charge >= 0.3 is 0 Å². The van der Waals surface area contributed by atoms with Crippen LogP contribution in [0.5, 0.6) is 0 Å². The van der Waals surface area contributed by atoms with E-state index in [4.69, 9.17) is 5.84 Å². The maximum absolute atomic E-state index is 5.79. The Kier molecular flexibility index (Phi) is 5.97. The van der Waals surface area contributed by atoms with Gasteiger partial charge in [0.1, 0.15) is 12.0 Å². The Hall–Kier alpha value is -2.73. The lowest BCUT2D eigenvalue weighted by Crippen LogP contribution is -2.36. The summed E-state index contributed by atoms with van der Waals surface area (Å²) in [5.41, 5.74) is 4.03. The number of hydrogen-bond acceptors (Lipinski definition) is 5. The van der Waals surface area contributed by atoms with Crippen LogP contribution in [-0.4, -0.2) is 33.3 Å². The highest BCUT2D eigenvalue weighted by atomic mass is 15.1. The van der Waals surface area contributed by atoms with Crippen LogP contribution in [0.4, 0.5) is 0 Å². The summed E-state index contributed by atoms with van der Waals surface area (Å²) in [5.74, 6) is 6.15. The van der Waals surface area contributed by atoms with Crippen LogP contribution in [-0.2, 0) is 6.42 Å². The van der Waals surface area contributed by atoms with Gasteiger partial charge in [0.2, 0.25) is 0 Å². The summed E-state index contributed by atoms with van der Waals surface area (Å²) in [6, 6.07) is 13.3. The molecule has 0 bridgehead atoms. The summed E-state index contributed by atoms with van der Waals surface area (Å²) >= 11 is 0. The van der Waals surface area contributed by atoms with Crippen molar-refractivity contribution in [2.24, 2.45) is 16.9 Å². The van der Waals surface area contributed by atoms with Crippen LogP contribution in [0.15, 0.2) is 54.0 Å². The highest BCUT2D eigenvalue weighted by molar-refractivity contribution is 6.09. The molecule has 28 heavy (non-hydrogen) atoms. The van der Waals surface area contributed by atoms with Crippen molar-refractivity contribution in [2.45, 2.75) is 44.6 Å². The molecular weight excluding hydrogens is 348 g/mol. The third kappa shape index (κ3) is 4.22. The number of nitrogens with one attached hydrogen (secondary N) is 2. The predicted octanol–water partition coefficient (Wildman–Crippen LogP) is 3.40. The number of nitrogens with zero attached hydrogens (tertiary/aromatic N) is 3. The standard InChI is InChI=1S/C22H28N6/c23-28-20(21-19-12-14-25-22(19)27-15-26-21)17-8-10-18(11-9-17)24-13-4-7-16-5-2-1-3-6-16/h1-3,5-6,12,14-15,17-18,24H,4,7-11,13,23H2,(H,25,26,27). The molecule has 0 aliphatic heterocycles. The second kappa shape index (κ2) is 8.97. The molecule has 0 unspecified atom stereocenters. The fourth-order valence-corrected chi connectivity index (χ4v) is 4.25. The number of hydrogen-bond donors (Lipinski definition) is 3. The number of aryl methyl sites for hydroxylation is 1. The van der Waals surface area contributed by atoms with Crippen molar-refractivity contribution in [3.05, 3.63) is 60.2 Å². The van der Waals surface area contributed by atoms with Crippen molar-refractivity contribution in [1.82, 2.24) is 20.3 Å². The van der Waals surface area contributed by atoms with E-state index < -0.39 is 0 Å². The molecule has 2 aromatic heterocycles. The van der Waals surface area contributed by atoms with Gasteiger partial charge in [-0.05, 0) is 56.7 Å². The van der Waals surface area contributed by atoms with Gasteiger partial charge in [-0.25, -0.2) is 9.97 Å². The Morgan fingerprint density at radius 1 is 1.11 bits per heavy atom. The van der Waals surface area contributed by atoms with Gasteiger partial charge in [0.05, 0.1) is 11.4 Å². The summed E-state index contributed by atoms with van der Waals surface area (Å²) in [7, 11) is 0. The van der Waals surface area contributed by atoms with Crippen LogP contribution in [0.25, 0.3) is 11.0 Å². The third-order valence-electron chi connectivity index (χ3n) is 5.77. The van der Waals surface area contributed by atoms with Crippen molar-refractivity contribution >= 4 is 16.7 Å². The largest absolute Gasteiger partial charge is 0.346 e. The van der Waals surface area contributed by atoms with Gasteiger partial charge < -0.3 is 16.1 Å². The molecule has 0 radical (unpaired) electrons. The van der Waals surface area contributed by atoms with Gasteiger partial charge in [-0.1, -0.05) is 30.3 Å². The van der Waals surface area contributed by atoms with Gasteiger partial charge in [0.25, 0.3) is 0 Å². The molecule has 146 valence electrons. The highest BCUT2D eigenvalue weighted by Crippen LogP contribution is 2.29. The number of hydrazone groups is 1. The molecule has 4 N–H and O–H groups in total. The SMILES string of the molecule is NN=C(c1ncnc2[nH]ccc12)C1CCC(NCCCc2ccccc2)CC1. The number of aromatic nitrogens is 3. The molecule has 6 heteroatoms. The molecule has 1 aliphatic carbocycles. The summed E-state index contributed by atoms with van der Waals surface area (Å²) in [6.45, 7) is 1.07. The first-order valence-corrected chi connectivity index (χ1v) is 10.2. The van der Waals surface area contributed by atoms with Gasteiger partial charge in [0, 0.05) is 23.5 Å². The van der Waals surface area contributed by atoms with Crippen molar-refractivity contribution in [3.63, 3.8) is 0 Å². The zero-order valence-electron chi connectivity index (χ0n) is 16.1. The molecule has 0 atom stereocenters. The summed E-state index contributed by atoms with van der Waals surface area (Å²) in [6.07, 6.45) is 10.2. The van der Waals surface area contributed by atoms with Crippen LogP contribution in [0.3, 0.4) is 0 Å². The molecule has 3 aromatic rings. The number of benzene rings is 1. The van der Waals surface area contributed by atoms with Crippen LogP contribution < -0.4 is 11.2 Å². The molecule has 6 nitrogen and oxygen atoms in total. The molecule has 1 aliphatic rings. The number of rotatable bonds is 7. The van der Waals surface area contributed by atoms with Gasteiger partial charge in [-0.3, -0.25) is 0 Å². The normalized spacial score (nSPS) is 20.5. The van der Waals surface area contributed by atoms with E-state index in [1.165, 1.54) is 12.0 Å². The molecule has 1 fully saturated rings.